The summed E-state index contributed by atoms with van der Waals surface area (Å²) < 4.78 is 28.7. The second kappa shape index (κ2) is 5.64. The molecule has 8 heteroatoms. The van der Waals surface area contributed by atoms with Gasteiger partial charge in [0, 0.05) is 44.3 Å². The van der Waals surface area contributed by atoms with E-state index in [0.717, 1.165) is 5.69 Å². The van der Waals surface area contributed by atoms with E-state index in [1.807, 2.05) is 29.1 Å². The van der Waals surface area contributed by atoms with E-state index in [9.17, 15) is 13.2 Å². The number of aromatic nitrogens is 1. The minimum absolute atomic E-state index is 0.0265. The maximum absolute atomic E-state index is 12.7. The number of nitrogens with zero attached hydrogens (tertiary/aromatic N) is 3. The standard InChI is InChI=1S/C16H18N4O3S/c21-16-17-7-10-20(16)14-11-19(12-14)24(22,23)15-5-3-13(4-6-15)18-8-1-2-9-18/h1-6,8-9,14H,7,10-12H2,(H,17,21). The van der Waals surface area contributed by atoms with E-state index in [2.05, 4.69) is 5.32 Å². The molecule has 0 spiro atoms. The lowest BCUT2D eigenvalue weighted by Gasteiger charge is -2.42. The summed E-state index contributed by atoms with van der Waals surface area (Å²) in [6.45, 7) is 1.98. The highest BCUT2D eigenvalue weighted by Crippen LogP contribution is 2.25. The molecule has 2 aromatic rings. The summed E-state index contributed by atoms with van der Waals surface area (Å²) in [5, 5.41) is 2.74. The number of urea groups is 1. The summed E-state index contributed by atoms with van der Waals surface area (Å²) in [6, 6.07) is 10.5. The average molecular weight is 346 g/mol. The van der Waals surface area contributed by atoms with Crippen molar-refractivity contribution >= 4 is 16.1 Å². The van der Waals surface area contributed by atoms with Crippen LogP contribution in [-0.4, -0.2) is 60.4 Å². The van der Waals surface area contributed by atoms with Crippen molar-refractivity contribution in [1.82, 2.24) is 19.1 Å². The van der Waals surface area contributed by atoms with Gasteiger partial charge >= 0.3 is 6.03 Å². The molecule has 0 unspecified atom stereocenters. The summed E-state index contributed by atoms with van der Waals surface area (Å²) >= 11 is 0. The zero-order chi connectivity index (χ0) is 16.7. The van der Waals surface area contributed by atoms with Crippen LogP contribution in [0.3, 0.4) is 0 Å². The second-order valence-corrected chi connectivity index (χ2v) is 7.92. The zero-order valence-electron chi connectivity index (χ0n) is 13.0. The van der Waals surface area contributed by atoms with Crippen LogP contribution in [0, 0.1) is 0 Å². The molecule has 24 heavy (non-hydrogen) atoms. The SMILES string of the molecule is O=C1NCCN1C1CN(S(=O)(=O)c2ccc(-n3cccc3)cc2)C1. The van der Waals surface area contributed by atoms with Crippen molar-refractivity contribution in [3.63, 3.8) is 0 Å². The third-order valence-electron chi connectivity index (χ3n) is 4.54. The fourth-order valence-corrected chi connectivity index (χ4v) is 4.61. The third-order valence-corrected chi connectivity index (χ3v) is 6.38. The minimum Gasteiger partial charge on any atom is -0.336 e. The molecule has 4 rings (SSSR count). The summed E-state index contributed by atoms with van der Waals surface area (Å²) in [6.07, 6.45) is 3.81. The molecule has 126 valence electrons. The van der Waals surface area contributed by atoms with Crippen LogP contribution < -0.4 is 5.32 Å². The number of hydrogen-bond acceptors (Lipinski definition) is 3. The molecule has 0 saturated carbocycles. The molecule has 0 aliphatic carbocycles. The van der Waals surface area contributed by atoms with Crippen LogP contribution in [-0.2, 0) is 10.0 Å². The maximum atomic E-state index is 12.7. The maximum Gasteiger partial charge on any atom is 0.317 e. The van der Waals surface area contributed by atoms with Gasteiger partial charge in [0.1, 0.15) is 0 Å². The smallest absolute Gasteiger partial charge is 0.317 e. The first-order chi connectivity index (χ1) is 11.6. The first kappa shape index (κ1) is 15.2. The highest BCUT2D eigenvalue weighted by atomic mass is 32.2. The van der Waals surface area contributed by atoms with Crippen LogP contribution in [0.2, 0.25) is 0 Å². The van der Waals surface area contributed by atoms with E-state index >= 15 is 0 Å². The van der Waals surface area contributed by atoms with E-state index in [0.29, 0.717) is 26.2 Å². The summed E-state index contributed by atoms with van der Waals surface area (Å²) in [4.78, 5) is 13.6. The molecule has 2 aliphatic heterocycles. The van der Waals surface area contributed by atoms with E-state index in [-0.39, 0.29) is 17.0 Å². The first-order valence-corrected chi connectivity index (χ1v) is 9.28. The van der Waals surface area contributed by atoms with Crippen LogP contribution in [0.1, 0.15) is 0 Å². The van der Waals surface area contributed by atoms with Crippen molar-refractivity contribution in [3.8, 4) is 5.69 Å². The Morgan fingerprint density at radius 3 is 2.29 bits per heavy atom. The fourth-order valence-electron chi connectivity index (χ4n) is 3.09. The number of carbonyl (C=O) groups excluding carboxylic acids is 1. The Labute approximate surface area is 140 Å². The Bertz CT molecular complexity index is 840. The molecule has 0 atom stereocenters. The van der Waals surface area contributed by atoms with E-state index in [4.69, 9.17) is 0 Å². The number of sulfonamides is 1. The minimum atomic E-state index is -3.50. The number of benzene rings is 1. The predicted molar refractivity (Wildman–Crippen MR) is 88.4 cm³/mol. The lowest BCUT2D eigenvalue weighted by atomic mass is 10.1. The normalized spacial score (nSPS) is 19.3. The molecular weight excluding hydrogens is 328 g/mol. The molecule has 1 N–H and O–H groups in total. The first-order valence-electron chi connectivity index (χ1n) is 7.84. The average Bonchev–Trinajstić information content (AvgIpc) is 3.18. The Morgan fingerprint density at radius 2 is 1.71 bits per heavy atom. The predicted octanol–water partition coefficient (Wildman–Crippen LogP) is 0.875. The van der Waals surface area contributed by atoms with E-state index in [1.54, 1.807) is 29.2 Å². The molecule has 0 radical (unpaired) electrons. The van der Waals surface area contributed by atoms with Gasteiger partial charge in [0.05, 0.1) is 10.9 Å². The van der Waals surface area contributed by atoms with Crippen LogP contribution in [0.5, 0.6) is 0 Å². The summed E-state index contributed by atoms with van der Waals surface area (Å²) in [7, 11) is -3.50. The molecule has 0 bridgehead atoms. The van der Waals surface area contributed by atoms with Crippen LogP contribution >= 0.6 is 0 Å². The van der Waals surface area contributed by atoms with Crippen molar-refractivity contribution < 1.29 is 13.2 Å². The van der Waals surface area contributed by atoms with Crippen LogP contribution in [0.15, 0.2) is 53.7 Å². The Morgan fingerprint density at radius 1 is 1.04 bits per heavy atom. The number of rotatable bonds is 4. The van der Waals surface area contributed by atoms with Crippen molar-refractivity contribution in [2.75, 3.05) is 26.2 Å². The number of amides is 2. The Balaban J connectivity index is 1.47. The largest absolute Gasteiger partial charge is 0.336 e. The van der Waals surface area contributed by atoms with Gasteiger partial charge in [0.2, 0.25) is 10.0 Å². The molecule has 2 aliphatic rings. The van der Waals surface area contributed by atoms with E-state index in [1.165, 1.54) is 4.31 Å². The summed E-state index contributed by atoms with van der Waals surface area (Å²) in [5.41, 5.74) is 0.911. The van der Waals surface area contributed by atoms with Gasteiger partial charge in [0.25, 0.3) is 0 Å². The van der Waals surface area contributed by atoms with Gasteiger partial charge in [-0.25, -0.2) is 13.2 Å². The van der Waals surface area contributed by atoms with Gasteiger partial charge in [-0.15, -0.1) is 0 Å². The molecule has 7 nitrogen and oxygen atoms in total. The molecule has 2 amide bonds. The highest BCUT2D eigenvalue weighted by molar-refractivity contribution is 7.89. The van der Waals surface area contributed by atoms with Crippen molar-refractivity contribution in [2.45, 2.75) is 10.9 Å². The molecule has 2 fully saturated rings. The van der Waals surface area contributed by atoms with E-state index < -0.39 is 10.0 Å². The summed E-state index contributed by atoms with van der Waals surface area (Å²) in [5.74, 6) is 0. The fraction of sp³-hybridized carbons (Fsp3) is 0.312. The molecule has 1 aromatic heterocycles. The van der Waals surface area contributed by atoms with Gasteiger partial charge < -0.3 is 14.8 Å². The number of hydrogen-bond donors (Lipinski definition) is 1. The Kier molecular flexibility index (Phi) is 3.58. The molecular formula is C16H18N4O3S. The van der Waals surface area contributed by atoms with Gasteiger partial charge in [-0.2, -0.15) is 4.31 Å². The lowest BCUT2D eigenvalue weighted by Crippen LogP contribution is -2.61. The number of nitrogens with one attached hydrogen (secondary N) is 1. The van der Waals surface area contributed by atoms with Crippen molar-refractivity contribution in [1.29, 1.82) is 0 Å². The third kappa shape index (κ3) is 2.47. The van der Waals surface area contributed by atoms with Crippen molar-refractivity contribution in [2.24, 2.45) is 0 Å². The quantitative estimate of drug-likeness (QED) is 0.893. The van der Waals surface area contributed by atoms with Gasteiger partial charge in [0.15, 0.2) is 0 Å². The lowest BCUT2D eigenvalue weighted by molar-refractivity contribution is 0.124. The second-order valence-electron chi connectivity index (χ2n) is 5.99. The highest BCUT2D eigenvalue weighted by Gasteiger charge is 2.42. The van der Waals surface area contributed by atoms with Gasteiger partial charge in [-0.05, 0) is 36.4 Å². The molecule has 2 saturated heterocycles. The van der Waals surface area contributed by atoms with Gasteiger partial charge in [-0.1, -0.05) is 0 Å². The van der Waals surface area contributed by atoms with Crippen LogP contribution in [0.4, 0.5) is 4.79 Å². The molecule has 1 aromatic carbocycles. The monoisotopic (exact) mass is 346 g/mol. The molecule has 3 heterocycles. The Hall–Kier alpha value is -2.32. The van der Waals surface area contributed by atoms with Crippen LogP contribution in [0.25, 0.3) is 5.69 Å². The van der Waals surface area contributed by atoms with Crippen molar-refractivity contribution in [3.05, 3.63) is 48.8 Å². The number of carbonyl (C=O) groups is 1. The van der Waals surface area contributed by atoms with Gasteiger partial charge in [-0.3, -0.25) is 0 Å². The topological polar surface area (TPSA) is 74.7 Å². The zero-order valence-corrected chi connectivity index (χ0v) is 13.8.